The van der Waals surface area contributed by atoms with Crippen molar-refractivity contribution >= 4 is 58.0 Å². The van der Waals surface area contributed by atoms with Gasteiger partial charge < -0.3 is 0 Å². The highest BCUT2D eigenvalue weighted by Crippen LogP contribution is 2.43. The number of carbonyl (C=O) groups is 1. The Morgan fingerprint density at radius 3 is 2.52 bits per heavy atom. The summed E-state index contributed by atoms with van der Waals surface area (Å²) in [5, 5.41) is 1.39. The van der Waals surface area contributed by atoms with Gasteiger partial charge in [0.1, 0.15) is 0 Å². The summed E-state index contributed by atoms with van der Waals surface area (Å²) < 4.78 is 2.09. The molecule has 1 unspecified atom stereocenters. The molecule has 3 aromatic rings. The van der Waals surface area contributed by atoms with E-state index in [1.807, 2.05) is 12.1 Å². The lowest BCUT2D eigenvalue weighted by Crippen LogP contribution is -2.42. The van der Waals surface area contributed by atoms with E-state index >= 15 is 0 Å². The second kappa shape index (κ2) is 8.24. The van der Waals surface area contributed by atoms with Gasteiger partial charge in [-0.1, -0.05) is 84.3 Å². The Morgan fingerprint density at radius 2 is 1.79 bits per heavy atom. The fraction of sp³-hybridized carbons (Fsp3) is 0.240. The fourth-order valence-electron chi connectivity index (χ4n) is 4.48. The average Bonchev–Trinajstić information content (AvgIpc) is 3.04. The minimum atomic E-state index is -0.547. The molecule has 0 spiro atoms. The van der Waals surface area contributed by atoms with Crippen LogP contribution in [0.3, 0.4) is 0 Å². The van der Waals surface area contributed by atoms with Crippen LogP contribution in [0.15, 0.2) is 63.5 Å². The molecule has 0 bridgehead atoms. The maximum absolute atomic E-state index is 13.6. The van der Waals surface area contributed by atoms with Crippen molar-refractivity contribution in [2.24, 2.45) is 10.4 Å². The van der Waals surface area contributed by atoms with Gasteiger partial charge in [-0.25, -0.2) is 4.99 Å². The Hall–Kier alpha value is -2.18. The summed E-state index contributed by atoms with van der Waals surface area (Å²) in [7, 11) is 0. The number of allylic oxidation sites excluding steroid dienone is 2. The van der Waals surface area contributed by atoms with E-state index in [1.54, 1.807) is 41.0 Å². The largest absolute Gasteiger partial charge is 0.294 e. The van der Waals surface area contributed by atoms with Crippen LogP contribution in [0.1, 0.15) is 43.9 Å². The molecule has 0 saturated carbocycles. The molecule has 2 aliphatic rings. The molecule has 2 aromatic carbocycles. The number of carbonyl (C=O) groups excluding carboxylic acids is 1. The minimum Gasteiger partial charge on any atom is -0.294 e. The van der Waals surface area contributed by atoms with Crippen LogP contribution in [0, 0.1) is 5.41 Å². The minimum absolute atomic E-state index is 0.0251. The second-order valence-corrected chi connectivity index (χ2v) is 11.3. The number of nitrogens with zero attached hydrogens (tertiary/aromatic N) is 2. The topological polar surface area (TPSA) is 51.4 Å². The number of fused-ring (bicyclic) bond motifs is 1. The summed E-state index contributed by atoms with van der Waals surface area (Å²) in [6, 6.07) is 12.0. The number of Topliss-reactive ketones (excluding diaryl/α,β-unsaturated/α-hetero) is 1. The van der Waals surface area contributed by atoms with E-state index in [1.165, 1.54) is 11.3 Å². The van der Waals surface area contributed by atoms with Gasteiger partial charge in [0.05, 0.1) is 26.3 Å². The highest BCUT2D eigenvalue weighted by molar-refractivity contribution is 7.07. The van der Waals surface area contributed by atoms with Gasteiger partial charge in [-0.2, -0.15) is 0 Å². The molecule has 0 N–H and O–H groups in total. The number of benzene rings is 2. The van der Waals surface area contributed by atoms with Crippen molar-refractivity contribution in [3.63, 3.8) is 0 Å². The molecule has 1 aromatic heterocycles. The van der Waals surface area contributed by atoms with Crippen LogP contribution in [-0.2, 0) is 4.79 Å². The van der Waals surface area contributed by atoms with E-state index in [4.69, 9.17) is 39.8 Å². The van der Waals surface area contributed by atoms with E-state index in [2.05, 4.69) is 13.8 Å². The van der Waals surface area contributed by atoms with Crippen LogP contribution in [0.5, 0.6) is 0 Å². The Labute approximate surface area is 209 Å². The third-order valence-electron chi connectivity index (χ3n) is 5.95. The van der Waals surface area contributed by atoms with Gasteiger partial charge in [0, 0.05) is 17.0 Å². The monoisotopic (exact) mass is 516 g/mol. The van der Waals surface area contributed by atoms with Gasteiger partial charge in [-0.05, 0) is 47.2 Å². The SMILES string of the molecule is CC1(C)CC(=O)C2=C(C1)N=c1sc(=Cc3cccc(Cl)c3Cl)c(=O)n1C2c1ccc(Cl)cc1. The Kier molecular flexibility index (Phi) is 5.65. The van der Waals surface area contributed by atoms with Gasteiger partial charge in [-0.3, -0.25) is 14.2 Å². The highest BCUT2D eigenvalue weighted by Gasteiger charge is 2.40. The van der Waals surface area contributed by atoms with Gasteiger partial charge in [0.15, 0.2) is 10.6 Å². The standard InChI is InChI=1S/C25H19Cl3N2O2S/c1-25(2)11-17-20(18(31)12-25)22(13-6-8-15(26)9-7-13)30-23(32)19(33-24(30)29-17)10-14-4-3-5-16(27)21(14)28/h3-10,22H,11-12H2,1-2H3. The van der Waals surface area contributed by atoms with Crippen molar-refractivity contribution in [1.29, 1.82) is 0 Å². The quantitative estimate of drug-likeness (QED) is 0.447. The zero-order valence-corrected chi connectivity index (χ0v) is 20.9. The molecule has 1 atom stereocenters. The molecule has 2 heterocycles. The van der Waals surface area contributed by atoms with E-state index in [-0.39, 0.29) is 16.8 Å². The first-order valence-corrected chi connectivity index (χ1v) is 12.4. The number of halogens is 3. The smallest absolute Gasteiger partial charge is 0.271 e. The Morgan fingerprint density at radius 1 is 1.06 bits per heavy atom. The third-order valence-corrected chi connectivity index (χ3v) is 8.02. The van der Waals surface area contributed by atoms with Crippen LogP contribution >= 0.6 is 46.1 Å². The maximum Gasteiger partial charge on any atom is 0.271 e. The summed E-state index contributed by atoms with van der Waals surface area (Å²) in [5.74, 6) is 0.0251. The first-order chi connectivity index (χ1) is 15.6. The summed E-state index contributed by atoms with van der Waals surface area (Å²) in [6.45, 7) is 4.13. The first kappa shape index (κ1) is 22.6. The molecule has 1 aliphatic heterocycles. The summed E-state index contributed by atoms with van der Waals surface area (Å²) in [5.41, 5.74) is 2.41. The van der Waals surface area contributed by atoms with Crippen LogP contribution < -0.4 is 14.9 Å². The molecule has 8 heteroatoms. The Balaban J connectivity index is 1.78. The van der Waals surface area contributed by atoms with Gasteiger partial charge in [0.2, 0.25) is 0 Å². The first-order valence-electron chi connectivity index (χ1n) is 10.4. The van der Waals surface area contributed by atoms with Crippen molar-refractivity contribution < 1.29 is 4.79 Å². The number of aromatic nitrogens is 1. The average molecular weight is 518 g/mol. The number of thiazole rings is 1. The molecule has 0 radical (unpaired) electrons. The molecule has 0 saturated heterocycles. The maximum atomic E-state index is 13.6. The zero-order chi connectivity index (χ0) is 23.5. The second-order valence-electron chi connectivity index (χ2n) is 9.08. The van der Waals surface area contributed by atoms with Crippen molar-refractivity contribution in [2.45, 2.75) is 32.7 Å². The van der Waals surface area contributed by atoms with Gasteiger partial charge >= 0.3 is 0 Å². The molecule has 4 nitrogen and oxygen atoms in total. The lowest BCUT2D eigenvalue weighted by Gasteiger charge is -2.35. The van der Waals surface area contributed by atoms with E-state index in [0.717, 1.165) is 11.3 Å². The number of ketones is 1. The number of rotatable bonds is 2. The Bertz CT molecular complexity index is 1510. The highest BCUT2D eigenvalue weighted by atomic mass is 35.5. The number of hydrogen-bond donors (Lipinski definition) is 0. The predicted octanol–water partition coefficient (Wildman–Crippen LogP) is 5.56. The molecule has 0 fully saturated rings. The van der Waals surface area contributed by atoms with Crippen molar-refractivity contribution in [2.75, 3.05) is 0 Å². The van der Waals surface area contributed by atoms with E-state index < -0.39 is 6.04 Å². The summed E-state index contributed by atoms with van der Waals surface area (Å²) in [6.07, 6.45) is 2.81. The van der Waals surface area contributed by atoms with Crippen molar-refractivity contribution in [1.82, 2.24) is 4.57 Å². The third kappa shape index (κ3) is 4.01. The zero-order valence-electron chi connectivity index (χ0n) is 17.9. The molecule has 168 valence electrons. The molecule has 0 amide bonds. The summed E-state index contributed by atoms with van der Waals surface area (Å²) >= 11 is 19.9. The van der Waals surface area contributed by atoms with Gasteiger partial charge in [0.25, 0.3) is 5.56 Å². The van der Waals surface area contributed by atoms with Gasteiger partial charge in [-0.15, -0.1) is 0 Å². The molecular formula is C25H19Cl3N2O2S. The molecule has 5 rings (SSSR count). The van der Waals surface area contributed by atoms with Crippen molar-refractivity contribution in [3.8, 4) is 0 Å². The van der Waals surface area contributed by atoms with Crippen LogP contribution in [0.4, 0.5) is 0 Å². The van der Waals surface area contributed by atoms with Crippen LogP contribution in [0.25, 0.3) is 6.08 Å². The fourth-order valence-corrected chi connectivity index (χ4v) is 5.98. The lowest BCUT2D eigenvalue weighted by atomic mass is 9.73. The van der Waals surface area contributed by atoms with E-state index in [0.29, 0.717) is 48.4 Å². The lowest BCUT2D eigenvalue weighted by molar-refractivity contribution is -0.118. The van der Waals surface area contributed by atoms with Crippen molar-refractivity contribution in [3.05, 3.63) is 99.6 Å². The van der Waals surface area contributed by atoms with Crippen LogP contribution in [-0.4, -0.2) is 10.4 Å². The predicted molar refractivity (Wildman–Crippen MR) is 134 cm³/mol. The van der Waals surface area contributed by atoms with E-state index in [9.17, 15) is 9.59 Å². The number of hydrogen-bond acceptors (Lipinski definition) is 4. The molecular weight excluding hydrogens is 499 g/mol. The van der Waals surface area contributed by atoms with Crippen LogP contribution in [0.2, 0.25) is 15.1 Å². The summed E-state index contributed by atoms with van der Waals surface area (Å²) in [4.78, 5) is 32.3. The normalized spacial score (nSPS) is 19.8. The molecule has 1 aliphatic carbocycles. The molecule has 33 heavy (non-hydrogen) atoms.